The second-order valence-corrected chi connectivity index (χ2v) is 2.05. The standard InChI is InChI=1S/C8H5N2O/c1-2-4-7(5-3-1)8-9-6-11-10-8/h1-2,4-6H. The molecule has 0 saturated carbocycles. The quantitative estimate of drug-likeness (QED) is 0.610. The summed E-state index contributed by atoms with van der Waals surface area (Å²) in [6.45, 7) is 0. The van der Waals surface area contributed by atoms with Crippen molar-refractivity contribution in [2.45, 2.75) is 0 Å². The summed E-state index contributed by atoms with van der Waals surface area (Å²) in [7, 11) is 0. The molecule has 0 N–H and O–H groups in total. The van der Waals surface area contributed by atoms with Gasteiger partial charge in [0, 0.05) is 5.56 Å². The van der Waals surface area contributed by atoms with Crippen LogP contribution in [0.3, 0.4) is 0 Å². The zero-order valence-corrected chi connectivity index (χ0v) is 5.69. The average molecular weight is 145 g/mol. The van der Waals surface area contributed by atoms with Crippen molar-refractivity contribution in [2.75, 3.05) is 0 Å². The predicted molar refractivity (Wildman–Crippen MR) is 38.6 cm³/mol. The Morgan fingerprint density at radius 1 is 1.45 bits per heavy atom. The van der Waals surface area contributed by atoms with Gasteiger partial charge in [0.25, 0.3) is 0 Å². The lowest BCUT2D eigenvalue weighted by Crippen LogP contribution is -1.77. The molecular weight excluding hydrogens is 140 g/mol. The van der Waals surface area contributed by atoms with Crippen LogP contribution in [0.2, 0.25) is 0 Å². The van der Waals surface area contributed by atoms with E-state index in [-0.39, 0.29) is 0 Å². The summed E-state index contributed by atoms with van der Waals surface area (Å²) in [5.41, 5.74) is 0.918. The van der Waals surface area contributed by atoms with Crippen molar-refractivity contribution < 1.29 is 4.52 Å². The Balaban J connectivity index is 2.46. The van der Waals surface area contributed by atoms with Crippen molar-refractivity contribution in [2.24, 2.45) is 0 Å². The van der Waals surface area contributed by atoms with E-state index >= 15 is 0 Å². The SMILES string of the molecule is [c]1cccc(-c2ncon2)c1. The van der Waals surface area contributed by atoms with E-state index in [9.17, 15) is 0 Å². The number of hydrogen-bond donors (Lipinski definition) is 0. The second kappa shape index (κ2) is 2.54. The molecule has 0 atom stereocenters. The van der Waals surface area contributed by atoms with Gasteiger partial charge in [0.15, 0.2) is 0 Å². The molecular formula is C8H5N2O. The van der Waals surface area contributed by atoms with E-state index in [4.69, 9.17) is 0 Å². The van der Waals surface area contributed by atoms with Crippen LogP contribution >= 0.6 is 0 Å². The Labute approximate surface area is 63.7 Å². The fourth-order valence-electron chi connectivity index (χ4n) is 0.830. The van der Waals surface area contributed by atoms with Crippen LogP contribution in [0.1, 0.15) is 0 Å². The van der Waals surface area contributed by atoms with Crippen molar-refractivity contribution in [1.29, 1.82) is 0 Å². The Kier molecular flexibility index (Phi) is 1.41. The van der Waals surface area contributed by atoms with Crippen molar-refractivity contribution in [1.82, 2.24) is 10.1 Å². The van der Waals surface area contributed by atoms with Crippen molar-refractivity contribution >= 4 is 0 Å². The predicted octanol–water partition coefficient (Wildman–Crippen LogP) is 1.54. The molecule has 53 valence electrons. The highest BCUT2D eigenvalue weighted by Gasteiger charge is 1.99. The van der Waals surface area contributed by atoms with Gasteiger partial charge in [-0.25, -0.2) is 0 Å². The van der Waals surface area contributed by atoms with Crippen LogP contribution in [0.5, 0.6) is 0 Å². The molecule has 0 amide bonds. The van der Waals surface area contributed by atoms with Crippen LogP contribution in [0.25, 0.3) is 11.4 Å². The Morgan fingerprint density at radius 2 is 2.45 bits per heavy atom. The van der Waals surface area contributed by atoms with Gasteiger partial charge in [0.2, 0.25) is 12.2 Å². The highest BCUT2D eigenvalue weighted by molar-refractivity contribution is 5.52. The molecule has 11 heavy (non-hydrogen) atoms. The molecule has 0 fully saturated rings. The van der Waals surface area contributed by atoms with Gasteiger partial charge in [-0.1, -0.05) is 23.4 Å². The monoisotopic (exact) mass is 145 g/mol. The normalized spacial score (nSPS) is 9.82. The third-order valence-corrected chi connectivity index (χ3v) is 1.33. The van der Waals surface area contributed by atoms with Crippen molar-refractivity contribution in [3.05, 3.63) is 36.7 Å². The van der Waals surface area contributed by atoms with E-state index < -0.39 is 0 Å². The molecule has 0 spiro atoms. The first-order valence-electron chi connectivity index (χ1n) is 3.20. The van der Waals surface area contributed by atoms with Crippen LogP contribution in [-0.4, -0.2) is 10.1 Å². The molecule has 2 aromatic rings. The second-order valence-electron chi connectivity index (χ2n) is 2.05. The van der Waals surface area contributed by atoms with E-state index in [1.165, 1.54) is 6.39 Å². The molecule has 0 aliphatic carbocycles. The smallest absolute Gasteiger partial charge is 0.214 e. The van der Waals surface area contributed by atoms with Gasteiger partial charge in [0.05, 0.1) is 0 Å². The molecule has 0 aliphatic heterocycles. The van der Waals surface area contributed by atoms with Crippen LogP contribution in [0, 0.1) is 6.07 Å². The summed E-state index contributed by atoms with van der Waals surface area (Å²) < 4.78 is 4.59. The van der Waals surface area contributed by atoms with Crippen molar-refractivity contribution in [3.8, 4) is 11.4 Å². The minimum Gasteiger partial charge on any atom is -0.342 e. The molecule has 1 radical (unpaired) electrons. The Morgan fingerprint density at radius 3 is 3.09 bits per heavy atom. The molecule has 0 saturated heterocycles. The zero-order chi connectivity index (χ0) is 7.52. The topological polar surface area (TPSA) is 38.9 Å². The van der Waals surface area contributed by atoms with E-state index in [0.29, 0.717) is 5.82 Å². The lowest BCUT2D eigenvalue weighted by atomic mass is 10.2. The number of aromatic nitrogens is 2. The molecule has 0 aliphatic rings. The van der Waals surface area contributed by atoms with Gasteiger partial charge in [-0.2, -0.15) is 4.98 Å². The number of nitrogens with zero attached hydrogens (tertiary/aromatic N) is 2. The maximum Gasteiger partial charge on any atom is 0.214 e. The first-order chi connectivity index (χ1) is 5.47. The molecule has 0 bridgehead atoms. The van der Waals surface area contributed by atoms with Crippen LogP contribution in [-0.2, 0) is 0 Å². The molecule has 3 nitrogen and oxygen atoms in total. The number of rotatable bonds is 1. The summed E-state index contributed by atoms with van der Waals surface area (Å²) in [6.07, 6.45) is 1.31. The number of benzene rings is 1. The minimum atomic E-state index is 0.599. The summed E-state index contributed by atoms with van der Waals surface area (Å²) in [4.78, 5) is 3.89. The van der Waals surface area contributed by atoms with Crippen LogP contribution < -0.4 is 0 Å². The summed E-state index contributed by atoms with van der Waals surface area (Å²) in [5.74, 6) is 0.599. The Bertz CT molecular complexity index is 315. The largest absolute Gasteiger partial charge is 0.342 e. The molecule has 1 heterocycles. The summed E-state index contributed by atoms with van der Waals surface area (Å²) in [6, 6.07) is 10.3. The third-order valence-electron chi connectivity index (χ3n) is 1.33. The molecule has 2 rings (SSSR count). The molecule has 1 aromatic heterocycles. The number of hydrogen-bond acceptors (Lipinski definition) is 3. The first-order valence-corrected chi connectivity index (χ1v) is 3.20. The highest BCUT2D eigenvalue weighted by Crippen LogP contribution is 2.11. The fourth-order valence-corrected chi connectivity index (χ4v) is 0.830. The van der Waals surface area contributed by atoms with Crippen LogP contribution in [0.15, 0.2) is 35.2 Å². The highest BCUT2D eigenvalue weighted by atomic mass is 16.5. The fraction of sp³-hybridized carbons (Fsp3) is 0. The molecule has 0 unspecified atom stereocenters. The third kappa shape index (κ3) is 1.12. The van der Waals surface area contributed by atoms with E-state index in [1.807, 2.05) is 24.3 Å². The average Bonchev–Trinajstić information content (AvgIpc) is 2.58. The van der Waals surface area contributed by atoms with Crippen molar-refractivity contribution in [3.63, 3.8) is 0 Å². The first kappa shape index (κ1) is 6.09. The lowest BCUT2D eigenvalue weighted by Gasteiger charge is -1.88. The Hall–Kier alpha value is -1.64. The van der Waals surface area contributed by atoms with E-state index in [0.717, 1.165) is 5.56 Å². The maximum atomic E-state index is 4.59. The van der Waals surface area contributed by atoms with Gasteiger partial charge in [-0.15, -0.1) is 0 Å². The minimum absolute atomic E-state index is 0.599. The maximum absolute atomic E-state index is 4.59. The lowest BCUT2D eigenvalue weighted by molar-refractivity contribution is 0.419. The van der Waals surface area contributed by atoms with Gasteiger partial charge in [-0.05, 0) is 12.1 Å². The van der Waals surface area contributed by atoms with Gasteiger partial charge < -0.3 is 4.52 Å². The zero-order valence-electron chi connectivity index (χ0n) is 5.69. The van der Waals surface area contributed by atoms with Gasteiger partial charge in [-0.3, -0.25) is 0 Å². The van der Waals surface area contributed by atoms with Gasteiger partial charge >= 0.3 is 0 Å². The molecule has 3 heteroatoms. The van der Waals surface area contributed by atoms with E-state index in [2.05, 4.69) is 20.7 Å². The van der Waals surface area contributed by atoms with Gasteiger partial charge in [0.1, 0.15) is 0 Å². The summed E-state index contributed by atoms with van der Waals surface area (Å²) >= 11 is 0. The van der Waals surface area contributed by atoms with E-state index in [1.54, 1.807) is 0 Å². The summed E-state index contributed by atoms with van der Waals surface area (Å²) in [5, 5.41) is 3.68. The van der Waals surface area contributed by atoms with Crippen LogP contribution in [0.4, 0.5) is 0 Å². The molecule has 1 aromatic carbocycles.